The average molecular weight is 355 g/mol. The van der Waals surface area contributed by atoms with Crippen molar-refractivity contribution in [2.45, 2.75) is 6.54 Å². The van der Waals surface area contributed by atoms with Crippen LogP contribution in [0.4, 0.5) is 4.39 Å². The lowest BCUT2D eigenvalue weighted by Gasteiger charge is -2.16. The van der Waals surface area contributed by atoms with Gasteiger partial charge in [0.05, 0.1) is 17.1 Å². The van der Waals surface area contributed by atoms with Gasteiger partial charge in [-0.05, 0) is 36.4 Å². The fraction of sp³-hybridized carbons (Fsp3) is 0.200. The minimum atomic E-state index is -0.247. The Morgan fingerprint density at radius 1 is 1.24 bits per heavy atom. The largest absolute Gasteiger partial charge is 0.490 e. The fourth-order valence-electron chi connectivity index (χ4n) is 3.25. The zero-order chi connectivity index (χ0) is 17.4. The highest BCUT2D eigenvalue weighted by Crippen LogP contribution is 2.35. The summed E-state index contributed by atoms with van der Waals surface area (Å²) in [5.41, 5.74) is 2.84. The number of hydrogen-bond donors (Lipinski definition) is 0. The van der Waals surface area contributed by atoms with Gasteiger partial charge >= 0.3 is 0 Å². The van der Waals surface area contributed by atoms with Gasteiger partial charge in [-0.25, -0.2) is 4.39 Å². The second-order valence-electron chi connectivity index (χ2n) is 6.07. The summed E-state index contributed by atoms with van der Waals surface area (Å²) in [6, 6.07) is 10.6. The molecule has 0 saturated heterocycles. The fourth-order valence-corrected chi connectivity index (χ4v) is 3.54. The van der Waals surface area contributed by atoms with Crippen LogP contribution >= 0.6 is 11.6 Å². The molecule has 0 bridgehead atoms. The summed E-state index contributed by atoms with van der Waals surface area (Å²) in [6.45, 7) is 2.56. The Kier molecular flexibility index (Phi) is 4.12. The molecule has 4 rings (SSSR count). The normalized spacial score (nSPS) is 14.6. The number of terminal acetylenes is 1. The zero-order valence-corrected chi connectivity index (χ0v) is 14.3. The van der Waals surface area contributed by atoms with Crippen molar-refractivity contribution in [2.24, 2.45) is 0 Å². The van der Waals surface area contributed by atoms with Crippen molar-refractivity contribution in [3.8, 4) is 23.8 Å². The smallest absolute Gasteiger partial charge is 0.142 e. The van der Waals surface area contributed by atoms with Crippen molar-refractivity contribution in [1.82, 2.24) is 9.47 Å². The highest BCUT2D eigenvalue weighted by Gasteiger charge is 2.19. The molecule has 0 atom stereocenters. The van der Waals surface area contributed by atoms with E-state index in [1.807, 2.05) is 22.9 Å². The molecule has 1 aliphatic heterocycles. The molecule has 126 valence electrons. The van der Waals surface area contributed by atoms with Gasteiger partial charge in [0.1, 0.15) is 18.2 Å². The summed E-state index contributed by atoms with van der Waals surface area (Å²) < 4.78 is 21.3. The molecule has 3 nitrogen and oxygen atoms in total. The first-order valence-corrected chi connectivity index (χ1v) is 8.41. The molecule has 2 heterocycles. The molecule has 0 N–H and O–H groups in total. The number of halogens is 2. The van der Waals surface area contributed by atoms with Gasteiger partial charge in [0.2, 0.25) is 0 Å². The van der Waals surface area contributed by atoms with Gasteiger partial charge in [-0.3, -0.25) is 4.90 Å². The van der Waals surface area contributed by atoms with Crippen LogP contribution in [0, 0.1) is 18.2 Å². The highest BCUT2D eigenvalue weighted by atomic mass is 35.5. The van der Waals surface area contributed by atoms with E-state index < -0.39 is 0 Å². The number of rotatable bonds is 2. The van der Waals surface area contributed by atoms with Crippen LogP contribution in [0.1, 0.15) is 5.56 Å². The molecular weight excluding hydrogens is 339 g/mol. The molecule has 5 heteroatoms. The third-order valence-electron chi connectivity index (χ3n) is 4.40. The van der Waals surface area contributed by atoms with Crippen LogP contribution in [0.25, 0.3) is 16.6 Å². The van der Waals surface area contributed by atoms with E-state index in [0.717, 1.165) is 28.7 Å². The average Bonchev–Trinajstić information content (AvgIpc) is 2.88. The summed E-state index contributed by atoms with van der Waals surface area (Å²) in [4.78, 5) is 2.15. The second kappa shape index (κ2) is 6.44. The van der Waals surface area contributed by atoms with Crippen LogP contribution in [-0.4, -0.2) is 29.2 Å². The molecule has 2 aromatic carbocycles. The SMILES string of the molecule is C#CCN1CCOc2c(Cl)cc(-n3ccc4cc(F)ccc43)cc2C1. The molecule has 1 aliphatic rings. The van der Waals surface area contributed by atoms with E-state index in [4.69, 9.17) is 22.8 Å². The maximum atomic E-state index is 13.4. The quantitative estimate of drug-likeness (QED) is 0.640. The van der Waals surface area contributed by atoms with Gasteiger partial charge < -0.3 is 9.30 Å². The minimum Gasteiger partial charge on any atom is -0.490 e. The zero-order valence-electron chi connectivity index (χ0n) is 13.5. The van der Waals surface area contributed by atoms with Crippen molar-refractivity contribution in [3.63, 3.8) is 0 Å². The van der Waals surface area contributed by atoms with Gasteiger partial charge in [0.25, 0.3) is 0 Å². The molecule has 0 fully saturated rings. The lowest BCUT2D eigenvalue weighted by atomic mass is 10.1. The van der Waals surface area contributed by atoms with Crippen LogP contribution in [0.3, 0.4) is 0 Å². The first-order chi connectivity index (χ1) is 12.2. The lowest BCUT2D eigenvalue weighted by molar-refractivity contribution is 0.245. The highest BCUT2D eigenvalue weighted by molar-refractivity contribution is 6.32. The Bertz CT molecular complexity index is 989. The molecular formula is C20H16ClFN2O. The number of fused-ring (bicyclic) bond motifs is 2. The Hall–Kier alpha value is -2.48. The molecule has 0 spiro atoms. The van der Waals surface area contributed by atoms with E-state index in [0.29, 0.717) is 30.5 Å². The molecule has 0 unspecified atom stereocenters. The standard InChI is InChI=1S/C20H16ClFN2O/c1-2-6-23-8-9-25-20-15(13-23)11-17(12-18(20)21)24-7-5-14-10-16(22)3-4-19(14)24/h1,3-5,7,10-12H,6,8-9,13H2. The monoisotopic (exact) mass is 354 g/mol. The molecule has 1 aromatic heterocycles. The first-order valence-electron chi connectivity index (χ1n) is 8.04. The van der Waals surface area contributed by atoms with Gasteiger partial charge in [-0.1, -0.05) is 17.5 Å². The Morgan fingerprint density at radius 3 is 2.96 bits per heavy atom. The molecule has 0 aliphatic carbocycles. The maximum Gasteiger partial charge on any atom is 0.142 e. The van der Waals surface area contributed by atoms with Crippen molar-refractivity contribution in [2.75, 3.05) is 19.7 Å². The van der Waals surface area contributed by atoms with Gasteiger partial charge in [-0.15, -0.1) is 6.42 Å². The topological polar surface area (TPSA) is 17.4 Å². The van der Waals surface area contributed by atoms with Gasteiger partial charge in [0, 0.05) is 35.9 Å². The van der Waals surface area contributed by atoms with Crippen LogP contribution in [0.15, 0.2) is 42.6 Å². The Morgan fingerprint density at radius 2 is 2.12 bits per heavy atom. The van der Waals surface area contributed by atoms with Crippen LogP contribution in [0.2, 0.25) is 5.02 Å². The van der Waals surface area contributed by atoms with E-state index >= 15 is 0 Å². The van der Waals surface area contributed by atoms with Crippen LogP contribution < -0.4 is 4.74 Å². The summed E-state index contributed by atoms with van der Waals surface area (Å²) in [5.74, 6) is 3.15. The van der Waals surface area contributed by atoms with Gasteiger partial charge in [-0.2, -0.15) is 0 Å². The number of aromatic nitrogens is 1. The maximum absolute atomic E-state index is 13.4. The van der Waals surface area contributed by atoms with E-state index in [1.54, 1.807) is 6.07 Å². The number of hydrogen-bond acceptors (Lipinski definition) is 2. The Labute approximate surface area is 150 Å². The third kappa shape index (κ3) is 2.97. The van der Waals surface area contributed by atoms with Crippen molar-refractivity contribution < 1.29 is 9.13 Å². The number of benzene rings is 2. The second-order valence-corrected chi connectivity index (χ2v) is 6.48. The molecule has 0 radical (unpaired) electrons. The van der Waals surface area contributed by atoms with Crippen LogP contribution in [-0.2, 0) is 6.54 Å². The predicted octanol–water partition coefficient (Wildman–Crippen LogP) is 4.25. The van der Waals surface area contributed by atoms with Crippen molar-refractivity contribution in [1.29, 1.82) is 0 Å². The van der Waals surface area contributed by atoms with E-state index in [2.05, 4.69) is 16.9 Å². The van der Waals surface area contributed by atoms with Crippen molar-refractivity contribution in [3.05, 3.63) is 59.0 Å². The summed E-state index contributed by atoms with van der Waals surface area (Å²) >= 11 is 6.48. The summed E-state index contributed by atoms with van der Waals surface area (Å²) in [5, 5.41) is 1.41. The Balaban J connectivity index is 1.81. The predicted molar refractivity (Wildman–Crippen MR) is 97.8 cm³/mol. The van der Waals surface area contributed by atoms with E-state index in [1.165, 1.54) is 12.1 Å². The van der Waals surface area contributed by atoms with Crippen molar-refractivity contribution >= 4 is 22.5 Å². The molecule has 0 amide bonds. The summed E-state index contributed by atoms with van der Waals surface area (Å²) in [7, 11) is 0. The molecule has 3 aromatic rings. The number of ether oxygens (including phenoxy) is 1. The third-order valence-corrected chi connectivity index (χ3v) is 4.68. The molecule has 0 saturated carbocycles. The minimum absolute atomic E-state index is 0.247. The van der Waals surface area contributed by atoms with Crippen LogP contribution in [0.5, 0.6) is 5.75 Å². The number of nitrogens with zero attached hydrogens (tertiary/aromatic N) is 2. The lowest BCUT2D eigenvalue weighted by Crippen LogP contribution is -2.25. The molecule has 25 heavy (non-hydrogen) atoms. The first kappa shape index (κ1) is 16.0. The van der Waals surface area contributed by atoms with E-state index in [-0.39, 0.29) is 5.82 Å². The van der Waals surface area contributed by atoms with Gasteiger partial charge in [0.15, 0.2) is 0 Å². The van der Waals surface area contributed by atoms with E-state index in [9.17, 15) is 4.39 Å². The summed E-state index contributed by atoms with van der Waals surface area (Å²) in [6.07, 6.45) is 7.36.